The molecule has 0 saturated heterocycles. The van der Waals surface area contributed by atoms with Gasteiger partial charge in [-0.3, -0.25) is 4.79 Å². The van der Waals surface area contributed by atoms with Gasteiger partial charge in [0.2, 0.25) is 0 Å². The van der Waals surface area contributed by atoms with E-state index in [0.717, 1.165) is 34.6 Å². The fourth-order valence-corrected chi connectivity index (χ4v) is 5.10. The van der Waals surface area contributed by atoms with Crippen molar-refractivity contribution in [2.24, 2.45) is 0 Å². The number of thiazole rings is 1. The second-order valence-electron chi connectivity index (χ2n) is 7.50. The van der Waals surface area contributed by atoms with E-state index in [1.54, 1.807) is 47.4 Å². The van der Waals surface area contributed by atoms with Gasteiger partial charge in [-0.05, 0) is 61.7 Å². The number of anilines is 1. The lowest BCUT2D eigenvalue weighted by atomic mass is 10.1. The van der Waals surface area contributed by atoms with Gasteiger partial charge >= 0.3 is 0 Å². The molecule has 2 heterocycles. The van der Waals surface area contributed by atoms with Crippen LogP contribution in [0.1, 0.15) is 29.6 Å². The molecule has 0 unspecified atom stereocenters. The van der Waals surface area contributed by atoms with Crippen LogP contribution < -0.4 is 10.6 Å². The number of hydrogen-bond acceptors (Lipinski definition) is 5. The lowest BCUT2D eigenvalue weighted by molar-refractivity contribution is 0.0935. The minimum absolute atomic E-state index is 0.0432. The monoisotopic (exact) mass is 455 g/mol. The zero-order valence-electron chi connectivity index (χ0n) is 16.4. The highest BCUT2D eigenvalue weighted by Crippen LogP contribution is 2.30. The van der Waals surface area contributed by atoms with Crippen LogP contribution in [0.15, 0.2) is 54.9 Å². The maximum Gasteiger partial charge on any atom is 0.253 e. The van der Waals surface area contributed by atoms with E-state index in [4.69, 9.17) is 11.6 Å². The predicted molar refractivity (Wildman–Crippen MR) is 121 cm³/mol. The number of halogens is 2. The van der Waals surface area contributed by atoms with Gasteiger partial charge in [0.25, 0.3) is 5.91 Å². The lowest BCUT2D eigenvalue weighted by Crippen LogP contribution is -2.43. The first kappa shape index (κ1) is 20.0. The molecule has 0 bridgehead atoms. The Balaban J connectivity index is 1.34. The zero-order valence-corrected chi connectivity index (χ0v) is 18.0. The molecule has 31 heavy (non-hydrogen) atoms. The standard InChI is InChI=1S/C22H19ClFN5OS/c23-13-5-8-19(29-10-2-9-25-29)15(11-13)21(30)26-16-3-1-4-17(16)27-22-28-18-7-6-14(24)12-20(18)31-22/h2,5-12,16-17H,1,3-4H2,(H,26,30)(H,27,28)/t16-,17+/m1/s1. The summed E-state index contributed by atoms with van der Waals surface area (Å²) >= 11 is 7.58. The van der Waals surface area contributed by atoms with E-state index in [0.29, 0.717) is 16.3 Å². The summed E-state index contributed by atoms with van der Waals surface area (Å²) in [5, 5.41) is 12.0. The van der Waals surface area contributed by atoms with Crippen molar-refractivity contribution < 1.29 is 9.18 Å². The highest BCUT2D eigenvalue weighted by Gasteiger charge is 2.30. The molecular formula is C22H19ClFN5OS. The van der Waals surface area contributed by atoms with Crippen LogP contribution in [0.5, 0.6) is 0 Å². The van der Waals surface area contributed by atoms with Gasteiger partial charge < -0.3 is 10.6 Å². The fraction of sp³-hybridized carbons (Fsp3) is 0.227. The number of nitrogens with one attached hydrogen (secondary N) is 2. The van der Waals surface area contributed by atoms with Crippen molar-refractivity contribution in [2.75, 3.05) is 5.32 Å². The number of rotatable bonds is 5. The maximum absolute atomic E-state index is 13.5. The quantitative estimate of drug-likeness (QED) is 0.442. The summed E-state index contributed by atoms with van der Waals surface area (Å²) < 4.78 is 15.9. The topological polar surface area (TPSA) is 71.8 Å². The van der Waals surface area contributed by atoms with Gasteiger partial charge in [0.05, 0.1) is 21.5 Å². The summed E-state index contributed by atoms with van der Waals surface area (Å²) in [5.74, 6) is -0.471. The normalized spacial score (nSPS) is 18.4. The molecule has 1 aliphatic rings. The predicted octanol–water partition coefficient (Wildman–Crippen LogP) is 5.04. The molecule has 5 rings (SSSR count). The Labute approximate surface area is 187 Å². The molecule has 2 aromatic heterocycles. The molecule has 2 N–H and O–H groups in total. The van der Waals surface area contributed by atoms with Crippen molar-refractivity contribution in [3.05, 3.63) is 71.3 Å². The van der Waals surface area contributed by atoms with Crippen molar-refractivity contribution in [1.82, 2.24) is 20.1 Å². The molecule has 158 valence electrons. The molecule has 0 aliphatic heterocycles. The van der Waals surface area contributed by atoms with Crippen LogP contribution in [0.2, 0.25) is 5.02 Å². The van der Waals surface area contributed by atoms with E-state index in [1.165, 1.54) is 23.5 Å². The largest absolute Gasteiger partial charge is 0.357 e. The first-order chi connectivity index (χ1) is 15.1. The van der Waals surface area contributed by atoms with E-state index in [1.807, 2.05) is 0 Å². The number of hydrogen-bond donors (Lipinski definition) is 2. The summed E-state index contributed by atoms with van der Waals surface area (Å²) in [6.45, 7) is 0. The molecule has 1 aliphatic carbocycles. The Hall–Kier alpha value is -2.97. The summed E-state index contributed by atoms with van der Waals surface area (Å²) in [5.41, 5.74) is 1.90. The molecule has 0 radical (unpaired) electrons. The molecule has 1 saturated carbocycles. The van der Waals surface area contributed by atoms with E-state index in [-0.39, 0.29) is 23.8 Å². The summed E-state index contributed by atoms with van der Waals surface area (Å²) in [6.07, 6.45) is 6.22. The summed E-state index contributed by atoms with van der Waals surface area (Å²) in [4.78, 5) is 17.7. The summed E-state index contributed by atoms with van der Waals surface area (Å²) in [6, 6.07) is 11.6. The van der Waals surface area contributed by atoms with Crippen LogP contribution in [0.4, 0.5) is 9.52 Å². The van der Waals surface area contributed by atoms with Crippen LogP contribution in [-0.4, -0.2) is 32.8 Å². The first-order valence-electron chi connectivity index (χ1n) is 10.00. The van der Waals surface area contributed by atoms with Crippen LogP contribution in [0.3, 0.4) is 0 Å². The fourth-order valence-electron chi connectivity index (χ4n) is 3.97. The number of carbonyl (C=O) groups is 1. The maximum atomic E-state index is 13.5. The minimum atomic E-state index is -0.275. The van der Waals surface area contributed by atoms with Gasteiger partial charge in [0.15, 0.2) is 5.13 Å². The third-order valence-corrected chi connectivity index (χ3v) is 6.63. The van der Waals surface area contributed by atoms with E-state index >= 15 is 0 Å². The van der Waals surface area contributed by atoms with Gasteiger partial charge in [0.1, 0.15) is 5.82 Å². The average molecular weight is 456 g/mol. The second kappa shape index (κ2) is 8.28. The number of fused-ring (bicyclic) bond motifs is 1. The van der Waals surface area contributed by atoms with Crippen molar-refractivity contribution in [2.45, 2.75) is 31.3 Å². The van der Waals surface area contributed by atoms with Gasteiger partial charge in [-0.15, -0.1) is 0 Å². The Morgan fingerprint density at radius 3 is 2.90 bits per heavy atom. The van der Waals surface area contributed by atoms with E-state index in [2.05, 4.69) is 20.7 Å². The van der Waals surface area contributed by atoms with Crippen LogP contribution in [0.25, 0.3) is 15.9 Å². The molecule has 1 fully saturated rings. The van der Waals surface area contributed by atoms with Crippen molar-refractivity contribution >= 4 is 44.2 Å². The third-order valence-electron chi connectivity index (χ3n) is 5.45. The Bertz CT molecular complexity index is 1240. The van der Waals surface area contributed by atoms with Crippen molar-refractivity contribution in [3.63, 3.8) is 0 Å². The number of aromatic nitrogens is 3. The van der Waals surface area contributed by atoms with Gasteiger partial charge in [-0.1, -0.05) is 22.9 Å². The zero-order chi connectivity index (χ0) is 21.4. The van der Waals surface area contributed by atoms with E-state index in [9.17, 15) is 9.18 Å². The Kier molecular flexibility index (Phi) is 5.33. The van der Waals surface area contributed by atoms with E-state index < -0.39 is 0 Å². The van der Waals surface area contributed by atoms with Gasteiger partial charge in [-0.25, -0.2) is 14.1 Å². The number of benzene rings is 2. The van der Waals surface area contributed by atoms with Crippen molar-refractivity contribution in [3.8, 4) is 5.69 Å². The molecule has 0 spiro atoms. The third kappa shape index (κ3) is 4.13. The highest BCUT2D eigenvalue weighted by molar-refractivity contribution is 7.22. The van der Waals surface area contributed by atoms with Gasteiger partial charge in [0, 0.05) is 29.5 Å². The highest BCUT2D eigenvalue weighted by atomic mass is 35.5. The molecule has 4 aromatic rings. The average Bonchev–Trinajstić information content (AvgIpc) is 3.49. The summed E-state index contributed by atoms with van der Waals surface area (Å²) in [7, 11) is 0. The molecular weight excluding hydrogens is 437 g/mol. The molecule has 9 heteroatoms. The Morgan fingerprint density at radius 1 is 1.19 bits per heavy atom. The van der Waals surface area contributed by atoms with Crippen LogP contribution >= 0.6 is 22.9 Å². The van der Waals surface area contributed by atoms with Crippen molar-refractivity contribution in [1.29, 1.82) is 0 Å². The smallest absolute Gasteiger partial charge is 0.253 e. The lowest BCUT2D eigenvalue weighted by Gasteiger charge is -2.22. The van der Waals surface area contributed by atoms with Crippen LogP contribution in [0, 0.1) is 5.82 Å². The SMILES string of the molecule is O=C(N[C@@H]1CCC[C@@H]1Nc1nc2ccc(F)cc2s1)c1cc(Cl)ccc1-n1cccn1. The molecule has 2 atom stereocenters. The molecule has 2 aromatic carbocycles. The molecule has 6 nitrogen and oxygen atoms in total. The minimum Gasteiger partial charge on any atom is -0.357 e. The van der Waals surface area contributed by atoms with Gasteiger partial charge in [-0.2, -0.15) is 5.10 Å². The van der Waals surface area contributed by atoms with Crippen LogP contribution in [-0.2, 0) is 0 Å². The Morgan fingerprint density at radius 2 is 2.06 bits per heavy atom. The second-order valence-corrected chi connectivity index (χ2v) is 8.97. The first-order valence-corrected chi connectivity index (χ1v) is 11.2. The number of carbonyl (C=O) groups excluding carboxylic acids is 1. The number of nitrogens with zero attached hydrogens (tertiary/aromatic N) is 3. The number of amides is 1. The molecule has 1 amide bonds.